The van der Waals surface area contributed by atoms with Gasteiger partial charge in [-0.1, -0.05) is 18.2 Å². The zero-order chi connectivity index (χ0) is 16.6. The molecule has 6 nitrogen and oxygen atoms in total. The van der Waals surface area contributed by atoms with Crippen molar-refractivity contribution in [2.75, 3.05) is 4.72 Å². The molecule has 3 heterocycles. The van der Waals surface area contributed by atoms with Crippen LogP contribution < -0.4 is 4.72 Å². The smallest absolute Gasteiger partial charge is 0.271 e. The van der Waals surface area contributed by atoms with Gasteiger partial charge in [-0.2, -0.15) is 0 Å². The maximum absolute atomic E-state index is 12.2. The number of fused-ring (bicyclic) bond motifs is 1. The number of nitrogens with one attached hydrogen (secondary N) is 1. The lowest BCUT2D eigenvalue weighted by Gasteiger charge is -2.06. The first-order valence-corrected chi connectivity index (χ1v) is 9.45. The SMILES string of the molecule is O=S(=O)(Nc1ccc(-c2cn3cccnc3n2)cc1)c1cccs1. The van der Waals surface area contributed by atoms with Crippen molar-refractivity contribution < 1.29 is 8.42 Å². The third-order valence-corrected chi connectivity index (χ3v) is 6.21. The molecule has 1 N–H and O–H groups in total. The van der Waals surface area contributed by atoms with Gasteiger partial charge < -0.3 is 0 Å². The molecule has 24 heavy (non-hydrogen) atoms. The third kappa shape index (κ3) is 2.77. The van der Waals surface area contributed by atoms with E-state index in [1.54, 1.807) is 35.8 Å². The van der Waals surface area contributed by atoms with Gasteiger partial charge in [-0.05, 0) is 29.6 Å². The first kappa shape index (κ1) is 14.9. The Morgan fingerprint density at radius 2 is 1.92 bits per heavy atom. The Bertz CT molecular complexity index is 1050. The Labute approximate surface area is 142 Å². The molecular formula is C16H12N4O2S2. The molecule has 0 saturated carbocycles. The van der Waals surface area contributed by atoms with Gasteiger partial charge in [0.2, 0.25) is 5.78 Å². The molecule has 0 aliphatic rings. The molecule has 0 fully saturated rings. The number of benzene rings is 1. The van der Waals surface area contributed by atoms with Crippen LogP contribution in [0.5, 0.6) is 0 Å². The van der Waals surface area contributed by atoms with Crippen LogP contribution in [0.25, 0.3) is 17.0 Å². The molecule has 1 aromatic carbocycles. The summed E-state index contributed by atoms with van der Waals surface area (Å²) in [4.78, 5) is 8.63. The average Bonchev–Trinajstić information content (AvgIpc) is 3.25. The number of anilines is 1. The Morgan fingerprint density at radius 3 is 2.62 bits per heavy atom. The van der Waals surface area contributed by atoms with Crippen LogP contribution in [-0.2, 0) is 10.0 Å². The number of rotatable bonds is 4. The number of nitrogens with zero attached hydrogens (tertiary/aromatic N) is 3. The summed E-state index contributed by atoms with van der Waals surface area (Å²) in [7, 11) is -3.53. The second-order valence-corrected chi connectivity index (χ2v) is 7.92. The molecule has 0 aliphatic carbocycles. The number of aromatic nitrogens is 3. The monoisotopic (exact) mass is 356 g/mol. The van der Waals surface area contributed by atoms with Crippen LogP contribution in [0.3, 0.4) is 0 Å². The van der Waals surface area contributed by atoms with Gasteiger partial charge in [0, 0.05) is 29.8 Å². The van der Waals surface area contributed by atoms with E-state index in [-0.39, 0.29) is 4.21 Å². The lowest BCUT2D eigenvalue weighted by Crippen LogP contribution is -2.11. The summed E-state index contributed by atoms with van der Waals surface area (Å²) in [6.45, 7) is 0. The Balaban J connectivity index is 1.61. The third-order valence-electron chi connectivity index (χ3n) is 3.43. The highest BCUT2D eigenvalue weighted by atomic mass is 32.2. The molecule has 0 amide bonds. The summed E-state index contributed by atoms with van der Waals surface area (Å²) in [6.07, 6.45) is 5.45. The van der Waals surface area contributed by atoms with Crippen molar-refractivity contribution in [3.05, 3.63) is 66.4 Å². The van der Waals surface area contributed by atoms with Gasteiger partial charge in [0.05, 0.1) is 5.69 Å². The number of imidazole rings is 1. The van der Waals surface area contributed by atoms with Gasteiger partial charge in [0.25, 0.3) is 10.0 Å². The zero-order valence-electron chi connectivity index (χ0n) is 12.3. The predicted molar refractivity (Wildman–Crippen MR) is 93.6 cm³/mol. The van der Waals surface area contributed by atoms with Crippen molar-refractivity contribution in [1.82, 2.24) is 14.4 Å². The van der Waals surface area contributed by atoms with E-state index in [2.05, 4.69) is 14.7 Å². The lowest BCUT2D eigenvalue weighted by atomic mass is 10.1. The van der Waals surface area contributed by atoms with Crippen molar-refractivity contribution in [2.45, 2.75) is 4.21 Å². The zero-order valence-corrected chi connectivity index (χ0v) is 14.0. The van der Waals surface area contributed by atoms with Gasteiger partial charge in [-0.15, -0.1) is 11.3 Å². The fourth-order valence-corrected chi connectivity index (χ4v) is 4.35. The van der Waals surface area contributed by atoms with Crippen LogP contribution in [-0.4, -0.2) is 22.8 Å². The summed E-state index contributed by atoms with van der Waals surface area (Å²) >= 11 is 1.18. The molecule has 0 unspecified atom stereocenters. The molecule has 0 saturated heterocycles. The van der Waals surface area contributed by atoms with Crippen molar-refractivity contribution in [3.63, 3.8) is 0 Å². The van der Waals surface area contributed by atoms with Crippen LogP contribution in [0.15, 0.2) is 70.6 Å². The van der Waals surface area contributed by atoms with Crippen LogP contribution in [0.2, 0.25) is 0 Å². The standard InChI is InChI=1S/C16H12N4O2S2/c21-24(22,15-3-1-10-23-15)19-13-6-4-12(5-7-13)14-11-20-9-2-8-17-16(20)18-14/h1-11,19H. The van der Waals surface area contributed by atoms with Gasteiger partial charge in [-0.25, -0.2) is 18.4 Å². The number of thiophene rings is 1. The van der Waals surface area contributed by atoms with Crippen LogP contribution in [0.1, 0.15) is 0 Å². The topological polar surface area (TPSA) is 76.4 Å². The molecule has 0 bridgehead atoms. The molecule has 0 radical (unpaired) electrons. The van der Waals surface area contributed by atoms with E-state index < -0.39 is 10.0 Å². The molecule has 4 aromatic rings. The first-order chi connectivity index (χ1) is 11.6. The highest BCUT2D eigenvalue weighted by molar-refractivity contribution is 7.94. The fraction of sp³-hybridized carbons (Fsp3) is 0. The summed E-state index contributed by atoms with van der Waals surface area (Å²) in [5.74, 6) is 0.620. The predicted octanol–water partition coefficient (Wildman–Crippen LogP) is 3.26. The van der Waals surface area contributed by atoms with Crippen LogP contribution >= 0.6 is 11.3 Å². The minimum atomic E-state index is -3.53. The molecule has 0 aliphatic heterocycles. The molecule has 3 aromatic heterocycles. The van der Waals surface area contributed by atoms with E-state index in [9.17, 15) is 8.42 Å². The fourth-order valence-electron chi connectivity index (χ4n) is 2.30. The van der Waals surface area contributed by atoms with Crippen LogP contribution in [0, 0.1) is 0 Å². The number of hydrogen-bond donors (Lipinski definition) is 1. The Hall–Kier alpha value is -2.71. The van der Waals surface area contributed by atoms with Gasteiger partial charge >= 0.3 is 0 Å². The number of hydrogen-bond acceptors (Lipinski definition) is 5. The second kappa shape index (κ2) is 5.73. The van der Waals surface area contributed by atoms with E-state index in [0.717, 1.165) is 11.3 Å². The summed E-state index contributed by atoms with van der Waals surface area (Å²) < 4.78 is 29.1. The van der Waals surface area contributed by atoms with Gasteiger partial charge in [0.1, 0.15) is 4.21 Å². The molecular weight excluding hydrogens is 344 g/mol. The molecule has 0 atom stereocenters. The molecule has 0 spiro atoms. The summed E-state index contributed by atoms with van der Waals surface area (Å²) in [5, 5.41) is 1.73. The largest absolute Gasteiger partial charge is 0.291 e. The minimum absolute atomic E-state index is 0.290. The molecule has 120 valence electrons. The Kier molecular flexibility index (Phi) is 3.55. The maximum atomic E-state index is 12.2. The van der Waals surface area contributed by atoms with Gasteiger partial charge in [0.15, 0.2) is 0 Å². The highest BCUT2D eigenvalue weighted by Gasteiger charge is 2.15. The minimum Gasteiger partial charge on any atom is -0.291 e. The van der Waals surface area contributed by atoms with E-state index >= 15 is 0 Å². The van der Waals surface area contributed by atoms with Gasteiger partial charge in [-0.3, -0.25) is 9.12 Å². The summed E-state index contributed by atoms with van der Waals surface area (Å²) in [5.41, 5.74) is 2.18. The van der Waals surface area contributed by atoms with E-state index in [0.29, 0.717) is 11.5 Å². The molecule has 8 heteroatoms. The van der Waals surface area contributed by atoms with Crippen molar-refractivity contribution in [3.8, 4) is 11.3 Å². The normalized spacial score (nSPS) is 11.7. The highest BCUT2D eigenvalue weighted by Crippen LogP contribution is 2.23. The van der Waals surface area contributed by atoms with E-state index in [1.807, 2.05) is 35.0 Å². The van der Waals surface area contributed by atoms with E-state index in [4.69, 9.17) is 0 Å². The Morgan fingerprint density at radius 1 is 1.08 bits per heavy atom. The lowest BCUT2D eigenvalue weighted by molar-refractivity contribution is 0.603. The van der Waals surface area contributed by atoms with E-state index in [1.165, 1.54) is 11.3 Å². The average molecular weight is 356 g/mol. The molecule has 4 rings (SSSR count). The van der Waals surface area contributed by atoms with Crippen molar-refractivity contribution in [1.29, 1.82) is 0 Å². The summed E-state index contributed by atoms with van der Waals surface area (Å²) in [6, 6.07) is 12.2. The van der Waals surface area contributed by atoms with Crippen molar-refractivity contribution >= 4 is 32.8 Å². The number of sulfonamides is 1. The quantitative estimate of drug-likeness (QED) is 0.609. The first-order valence-electron chi connectivity index (χ1n) is 7.08. The van der Waals surface area contributed by atoms with Crippen LogP contribution in [0.4, 0.5) is 5.69 Å². The second-order valence-electron chi connectivity index (χ2n) is 5.07. The van der Waals surface area contributed by atoms with Crippen molar-refractivity contribution in [2.24, 2.45) is 0 Å². The maximum Gasteiger partial charge on any atom is 0.271 e.